The van der Waals surface area contributed by atoms with Crippen LogP contribution in [0.25, 0.3) is 0 Å². The lowest BCUT2D eigenvalue weighted by Crippen LogP contribution is -2.55. The second-order valence-corrected chi connectivity index (χ2v) is 11.4. The number of fused-ring (bicyclic) bond motifs is 1. The summed E-state index contributed by atoms with van der Waals surface area (Å²) >= 11 is 5.73. The number of amides is 1. The molecule has 0 aromatic heterocycles. The predicted octanol–water partition coefficient (Wildman–Crippen LogP) is 3.94. The van der Waals surface area contributed by atoms with Crippen LogP contribution >= 0.6 is 12.2 Å². The largest absolute Gasteiger partial charge is 0.459 e. The molecule has 2 aliphatic rings. The minimum absolute atomic E-state index is 0.0253. The highest BCUT2D eigenvalue weighted by Crippen LogP contribution is 2.37. The van der Waals surface area contributed by atoms with Crippen molar-refractivity contribution >= 4 is 29.3 Å². The van der Waals surface area contributed by atoms with E-state index in [1.807, 2.05) is 19.9 Å². The molecule has 36 heavy (non-hydrogen) atoms. The number of hydrogen-bond donors (Lipinski definition) is 2. The van der Waals surface area contributed by atoms with Crippen LogP contribution in [0, 0.1) is 5.92 Å². The van der Waals surface area contributed by atoms with Crippen molar-refractivity contribution in [3.63, 3.8) is 0 Å². The monoisotopic (exact) mass is 522 g/mol. The first-order valence-electron chi connectivity index (χ1n) is 12.3. The summed E-state index contributed by atoms with van der Waals surface area (Å²) in [4.78, 5) is 25.4. The third-order valence-electron chi connectivity index (χ3n) is 5.56. The molecule has 1 aromatic rings. The Hall–Kier alpha value is -2.27. The number of ether oxygens (including phenoxy) is 5. The molecular weight excluding hydrogens is 484 g/mol. The van der Waals surface area contributed by atoms with Gasteiger partial charge in [-0.05, 0) is 59.1 Å². The van der Waals surface area contributed by atoms with Gasteiger partial charge in [0.2, 0.25) is 0 Å². The molecule has 2 saturated heterocycles. The first-order chi connectivity index (χ1) is 16.7. The van der Waals surface area contributed by atoms with E-state index in [2.05, 4.69) is 10.6 Å². The Kier molecular flexibility index (Phi) is 8.97. The fourth-order valence-corrected chi connectivity index (χ4v) is 4.42. The Labute approximate surface area is 218 Å². The summed E-state index contributed by atoms with van der Waals surface area (Å²) in [6, 6.07) is 7.79. The zero-order valence-corrected chi connectivity index (χ0v) is 22.8. The van der Waals surface area contributed by atoms with E-state index in [4.69, 9.17) is 35.9 Å². The van der Waals surface area contributed by atoms with Crippen LogP contribution in [0.1, 0.15) is 65.2 Å². The minimum Gasteiger partial charge on any atom is -0.459 e. The lowest BCUT2D eigenvalue weighted by Gasteiger charge is -2.30. The van der Waals surface area contributed by atoms with Crippen molar-refractivity contribution in [1.82, 2.24) is 10.6 Å². The molecule has 1 amide bonds. The molecule has 0 saturated carbocycles. The van der Waals surface area contributed by atoms with E-state index >= 15 is 0 Å². The highest BCUT2D eigenvalue weighted by atomic mass is 32.1. The summed E-state index contributed by atoms with van der Waals surface area (Å²) in [6.07, 6.45) is -1.66. The van der Waals surface area contributed by atoms with Gasteiger partial charge in [-0.15, -0.1) is 0 Å². The van der Waals surface area contributed by atoms with Crippen LogP contribution in [0.3, 0.4) is 0 Å². The van der Waals surface area contributed by atoms with Gasteiger partial charge in [0.25, 0.3) is 0 Å². The number of esters is 1. The van der Waals surface area contributed by atoms with Gasteiger partial charge < -0.3 is 34.3 Å². The van der Waals surface area contributed by atoms with Crippen molar-refractivity contribution in [2.45, 2.75) is 96.9 Å². The molecule has 0 bridgehead atoms. The van der Waals surface area contributed by atoms with E-state index in [1.165, 1.54) is 0 Å². The van der Waals surface area contributed by atoms with Crippen molar-refractivity contribution < 1.29 is 33.3 Å². The van der Waals surface area contributed by atoms with Gasteiger partial charge in [0.05, 0.1) is 22.6 Å². The van der Waals surface area contributed by atoms with Gasteiger partial charge in [0.15, 0.2) is 12.1 Å². The summed E-state index contributed by atoms with van der Waals surface area (Å²) in [5.74, 6) is -1.04. The normalized spacial score (nSPS) is 25.7. The Balaban J connectivity index is 1.71. The maximum Gasteiger partial charge on any atom is 0.408 e. The van der Waals surface area contributed by atoms with Crippen LogP contribution < -0.4 is 10.6 Å². The third kappa shape index (κ3) is 7.86. The minimum atomic E-state index is -0.839. The molecule has 10 heteroatoms. The topological polar surface area (TPSA) is 104 Å². The second kappa shape index (κ2) is 11.4. The summed E-state index contributed by atoms with van der Waals surface area (Å²) in [5, 5.41) is 6.19. The number of thiocarbonyl (C=S) groups is 1. The molecule has 5 atom stereocenters. The molecule has 0 radical (unpaired) electrons. The molecule has 9 nitrogen and oxygen atoms in total. The van der Waals surface area contributed by atoms with Crippen LogP contribution in [-0.2, 0) is 23.7 Å². The zero-order valence-electron chi connectivity index (χ0n) is 22.0. The summed E-state index contributed by atoms with van der Waals surface area (Å²) in [7, 11) is 0. The Morgan fingerprint density at radius 3 is 2.42 bits per heavy atom. The van der Waals surface area contributed by atoms with Crippen molar-refractivity contribution in [1.29, 1.82) is 0 Å². The lowest BCUT2D eigenvalue weighted by molar-refractivity contribution is -0.210. The number of rotatable bonds is 8. The lowest BCUT2D eigenvalue weighted by atomic mass is 10.0. The Morgan fingerprint density at radius 1 is 1.14 bits per heavy atom. The third-order valence-corrected chi connectivity index (χ3v) is 5.97. The molecule has 0 unspecified atom stereocenters. The van der Waals surface area contributed by atoms with E-state index in [1.54, 1.807) is 58.9 Å². The molecule has 3 rings (SSSR count). The summed E-state index contributed by atoms with van der Waals surface area (Å²) in [5.41, 5.74) is -0.189. The first kappa shape index (κ1) is 28.3. The Bertz CT molecular complexity index is 932. The molecular formula is C26H38N2O7S. The van der Waals surface area contributed by atoms with E-state index < -0.39 is 54.0 Å². The van der Waals surface area contributed by atoms with Crippen LogP contribution in [0.5, 0.6) is 0 Å². The maximum absolute atomic E-state index is 12.5. The molecule has 2 aliphatic heterocycles. The Morgan fingerprint density at radius 2 is 1.81 bits per heavy atom. The van der Waals surface area contributed by atoms with Gasteiger partial charge in [-0.1, -0.05) is 44.3 Å². The molecule has 1 aromatic carbocycles. The van der Waals surface area contributed by atoms with Crippen molar-refractivity contribution in [3.05, 3.63) is 35.9 Å². The number of carbonyl (C=O) groups is 2. The predicted molar refractivity (Wildman–Crippen MR) is 138 cm³/mol. The summed E-state index contributed by atoms with van der Waals surface area (Å²) in [6.45, 7) is 13.1. The van der Waals surface area contributed by atoms with Gasteiger partial charge in [0, 0.05) is 0 Å². The number of carbonyl (C=O) groups excluding carboxylic acids is 2. The quantitative estimate of drug-likeness (QED) is 0.388. The standard InChI is InChI=1S/C26H38N2O7S/c1-15(2)13-17(27-24(30)35-25(3,4)5)21(36)28-19-18(32-23-20(19)33-26(6,7)34-23)14-31-22(29)16-11-9-8-10-12-16/h8-12,15,17-20,23H,13-14H2,1-7H3,(H,27,30)(H,28,36)/t17-,18+,19-,20+,23+/m0/s1. The summed E-state index contributed by atoms with van der Waals surface area (Å²) < 4.78 is 29.0. The second-order valence-electron chi connectivity index (χ2n) is 11.0. The number of benzene rings is 1. The molecule has 2 heterocycles. The van der Waals surface area contributed by atoms with Crippen molar-refractivity contribution in [2.75, 3.05) is 6.61 Å². The number of alkyl carbamates (subject to hydrolysis) is 1. The van der Waals surface area contributed by atoms with Crippen LogP contribution in [0.4, 0.5) is 4.79 Å². The first-order valence-corrected chi connectivity index (χ1v) is 12.7. The van der Waals surface area contributed by atoms with Crippen LogP contribution in [0.2, 0.25) is 0 Å². The average Bonchev–Trinajstić information content (AvgIpc) is 3.22. The molecule has 0 aliphatic carbocycles. The number of nitrogens with one attached hydrogen (secondary N) is 2. The van der Waals surface area contributed by atoms with Gasteiger partial charge >= 0.3 is 12.1 Å². The highest BCUT2D eigenvalue weighted by Gasteiger charge is 2.55. The van der Waals surface area contributed by atoms with E-state index in [9.17, 15) is 9.59 Å². The maximum atomic E-state index is 12.5. The fourth-order valence-electron chi connectivity index (χ4n) is 4.13. The van der Waals surface area contributed by atoms with Gasteiger partial charge in [0.1, 0.15) is 24.4 Å². The number of hydrogen-bond acceptors (Lipinski definition) is 8. The van der Waals surface area contributed by atoms with Gasteiger partial charge in [-0.2, -0.15) is 0 Å². The zero-order chi connectivity index (χ0) is 26.7. The van der Waals surface area contributed by atoms with E-state index in [0.717, 1.165) is 0 Å². The van der Waals surface area contributed by atoms with Gasteiger partial charge in [-0.25, -0.2) is 9.59 Å². The smallest absolute Gasteiger partial charge is 0.408 e. The van der Waals surface area contributed by atoms with E-state index in [-0.39, 0.29) is 12.5 Å². The molecule has 2 fully saturated rings. The van der Waals surface area contributed by atoms with E-state index in [0.29, 0.717) is 17.0 Å². The molecule has 200 valence electrons. The SMILES string of the molecule is CC(C)C[C@H](NC(=O)OC(C)(C)C)C(=S)N[C@@H]1[C@H]2OC(C)(C)O[C@H]2O[C@@H]1COC(=O)c1ccccc1. The highest BCUT2D eigenvalue weighted by molar-refractivity contribution is 7.80. The van der Waals surface area contributed by atoms with Crippen molar-refractivity contribution in [3.8, 4) is 0 Å². The average molecular weight is 523 g/mol. The van der Waals surface area contributed by atoms with Gasteiger partial charge in [-0.3, -0.25) is 0 Å². The molecule has 2 N–H and O–H groups in total. The van der Waals surface area contributed by atoms with Crippen LogP contribution in [0.15, 0.2) is 30.3 Å². The molecule has 0 spiro atoms. The fraction of sp³-hybridized carbons (Fsp3) is 0.654. The van der Waals surface area contributed by atoms with Crippen LogP contribution in [-0.4, -0.2) is 65.6 Å². The van der Waals surface area contributed by atoms with Crippen molar-refractivity contribution in [2.24, 2.45) is 5.92 Å².